The molecule has 0 radical (unpaired) electrons. The molecule has 1 aromatic heterocycles. The summed E-state index contributed by atoms with van der Waals surface area (Å²) in [5, 5.41) is 9.27. The van der Waals surface area contributed by atoms with Crippen molar-refractivity contribution in [3.63, 3.8) is 0 Å². The van der Waals surface area contributed by atoms with Gasteiger partial charge >= 0.3 is 0 Å². The van der Waals surface area contributed by atoms with Crippen molar-refractivity contribution < 1.29 is 14.6 Å². The van der Waals surface area contributed by atoms with E-state index >= 15 is 0 Å². The SMILES string of the molecule is O=C(CN1C[C@H]2CC(Oc3ccccc3)C[C@H]2C1)c1ccc(O)cn1. The summed E-state index contributed by atoms with van der Waals surface area (Å²) >= 11 is 0. The van der Waals surface area contributed by atoms with Crippen LogP contribution in [0.3, 0.4) is 0 Å². The quantitative estimate of drug-likeness (QED) is 0.850. The van der Waals surface area contributed by atoms with Gasteiger partial charge in [0, 0.05) is 13.1 Å². The fraction of sp³-hybridized carbons (Fsp3) is 0.400. The highest BCUT2D eigenvalue weighted by Gasteiger charge is 2.42. The normalized spacial score (nSPS) is 25.7. The summed E-state index contributed by atoms with van der Waals surface area (Å²) in [5.41, 5.74) is 0.417. The van der Waals surface area contributed by atoms with E-state index in [1.54, 1.807) is 6.07 Å². The summed E-state index contributed by atoms with van der Waals surface area (Å²) in [6.45, 7) is 2.29. The second kappa shape index (κ2) is 6.84. The first-order valence-corrected chi connectivity index (χ1v) is 8.79. The molecule has 2 heterocycles. The number of aromatic nitrogens is 1. The van der Waals surface area contributed by atoms with Gasteiger partial charge in [-0.3, -0.25) is 9.69 Å². The Bertz CT molecular complexity index is 718. The topological polar surface area (TPSA) is 62.7 Å². The van der Waals surface area contributed by atoms with Crippen LogP contribution in [0, 0.1) is 11.8 Å². The Hall–Kier alpha value is -2.40. The molecule has 1 saturated heterocycles. The van der Waals surface area contributed by atoms with E-state index in [0.29, 0.717) is 24.1 Å². The van der Waals surface area contributed by atoms with Gasteiger partial charge in [0.25, 0.3) is 0 Å². The van der Waals surface area contributed by atoms with E-state index in [0.717, 1.165) is 31.7 Å². The Kier molecular flexibility index (Phi) is 4.40. The van der Waals surface area contributed by atoms with E-state index in [9.17, 15) is 9.90 Å². The van der Waals surface area contributed by atoms with Crippen molar-refractivity contribution in [2.45, 2.75) is 18.9 Å². The maximum atomic E-state index is 12.3. The van der Waals surface area contributed by atoms with Gasteiger partial charge in [-0.05, 0) is 48.9 Å². The Balaban J connectivity index is 1.29. The Morgan fingerprint density at radius 3 is 2.48 bits per heavy atom. The molecule has 1 unspecified atom stereocenters. The minimum Gasteiger partial charge on any atom is -0.506 e. The van der Waals surface area contributed by atoms with Crippen molar-refractivity contribution in [2.75, 3.05) is 19.6 Å². The number of ether oxygens (including phenoxy) is 1. The van der Waals surface area contributed by atoms with Crippen LogP contribution in [0.4, 0.5) is 0 Å². The van der Waals surface area contributed by atoms with Gasteiger partial charge in [-0.25, -0.2) is 4.98 Å². The third-order valence-corrected chi connectivity index (χ3v) is 5.23. The zero-order valence-electron chi connectivity index (χ0n) is 14.0. The van der Waals surface area contributed by atoms with Gasteiger partial charge in [0.05, 0.1) is 18.8 Å². The van der Waals surface area contributed by atoms with Crippen molar-refractivity contribution in [1.29, 1.82) is 0 Å². The van der Waals surface area contributed by atoms with E-state index in [2.05, 4.69) is 9.88 Å². The molecular formula is C20H22N2O3. The smallest absolute Gasteiger partial charge is 0.195 e. The van der Waals surface area contributed by atoms with Gasteiger partial charge in [-0.1, -0.05) is 18.2 Å². The van der Waals surface area contributed by atoms with Crippen molar-refractivity contribution in [2.24, 2.45) is 11.8 Å². The summed E-state index contributed by atoms with van der Waals surface area (Å²) < 4.78 is 6.09. The van der Waals surface area contributed by atoms with Gasteiger partial charge < -0.3 is 9.84 Å². The number of benzene rings is 1. The lowest BCUT2D eigenvalue weighted by atomic mass is 10.0. The number of para-hydroxylation sites is 1. The average molecular weight is 338 g/mol. The second-order valence-electron chi connectivity index (χ2n) is 7.06. The predicted molar refractivity (Wildman–Crippen MR) is 93.7 cm³/mol. The minimum absolute atomic E-state index is 0.0112. The number of ketones is 1. The van der Waals surface area contributed by atoms with E-state index < -0.39 is 0 Å². The van der Waals surface area contributed by atoms with Gasteiger partial charge in [-0.2, -0.15) is 0 Å². The van der Waals surface area contributed by atoms with Crippen LogP contribution in [-0.2, 0) is 0 Å². The van der Waals surface area contributed by atoms with E-state index in [1.807, 2.05) is 30.3 Å². The number of carbonyl (C=O) groups excluding carboxylic acids is 1. The molecule has 1 aromatic carbocycles. The van der Waals surface area contributed by atoms with Crippen molar-refractivity contribution >= 4 is 5.78 Å². The van der Waals surface area contributed by atoms with Crippen molar-refractivity contribution in [3.8, 4) is 11.5 Å². The molecule has 0 amide bonds. The summed E-state index contributed by atoms with van der Waals surface area (Å²) in [4.78, 5) is 18.6. The van der Waals surface area contributed by atoms with E-state index in [1.165, 1.54) is 12.3 Å². The van der Waals surface area contributed by atoms with Crippen molar-refractivity contribution in [3.05, 3.63) is 54.4 Å². The standard InChI is InChI=1S/C20H22N2O3/c23-16-6-7-19(21-10-16)20(24)13-22-11-14-8-18(9-15(14)12-22)25-17-4-2-1-3-5-17/h1-7,10,14-15,18,23H,8-9,11-13H2/t14-,15+,18?. The van der Waals surface area contributed by atoms with Crippen LogP contribution in [0.1, 0.15) is 23.3 Å². The van der Waals surface area contributed by atoms with Gasteiger partial charge in [0.2, 0.25) is 0 Å². The first kappa shape index (κ1) is 16.1. The number of rotatable bonds is 5. The van der Waals surface area contributed by atoms with E-state index in [4.69, 9.17) is 4.74 Å². The largest absolute Gasteiger partial charge is 0.506 e. The van der Waals surface area contributed by atoms with Crippen LogP contribution in [-0.4, -0.2) is 46.5 Å². The molecule has 0 spiro atoms. The van der Waals surface area contributed by atoms with Crippen LogP contribution in [0.15, 0.2) is 48.7 Å². The predicted octanol–water partition coefficient (Wildman–Crippen LogP) is 2.76. The molecule has 5 nitrogen and oxygen atoms in total. The Labute approximate surface area is 147 Å². The third kappa shape index (κ3) is 3.66. The molecule has 25 heavy (non-hydrogen) atoms. The summed E-state index contributed by atoms with van der Waals surface area (Å²) in [7, 11) is 0. The fourth-order valence-electron chi connectivity index (χ4n) is 4.09. The number of aromatic hydroxyl groups is 1. The number of hydrogen-bond acceptors (Lipinski definition) is 5. The molecule has 1 N–H and O–H groups in total. The molecular weight excluding hydrogens is 316 g/mol. The molecule has 3 atom stereocenters. The number of pyridine rings is 1. The summed E-state index contributed by atoms with van der Waals surface area (Å²) in [6, 6.07) is 13.1. The number of fused-ring (bicyclic) bond motifs is 1. The zero-order valence-corrected chi connectivity index (χ0v) is 14.0. The number of likely N-dealkylation sites (tertiary alicyclic amines) is 1. The first-order valence-electron chi connectivity index (χ1n) is 8.79. The molecule has 1 aliphatic carbocycles. The number of carbonyl (C=O) groups is 1. The Morgan fingerprint density at radius 2 is 1.84 bits per heavy atom. The lowest BCUT2D eigenvalue weighted by molar-refractivity contribution is 0.0932. The minimum atomic E-state index is 0.0112. The molecule has 1 aliphatic heterocycles. The fourth-order valence-corrected chi connectivity index (χ4v) is 4.09. The molecule has 1 saturated carbocycles. The van der Waals surface area contributed by atoms with Crippen LogP contribution in [0.25, 0.3) is 0 Å². The van der Waals surface area contributed by atoms with Gasteiger partial charge in [-0.15, -0.1) is 0 Å². The maximum absolute atomic E-state index is 12.3. The van der Waals surface area contributed by atoms with Crippen LogP contribution in [0.5, 0.6) is 11.5 Å². The van der Waals surface area contributed by atoms with E-state index in [-0.39, 0.29) is 17.6 Å². The summed E-state index contributed by atoms with van der Waals surface area (Å²) in [6.07, 6.45) is 3.72. The molecule has 2 fully saturated rings. The highest BCUT2D eigenvalue weighted by atomic mass is 16.5. The summed E-state index contributed by atoms with van der Waals surface area (Å²) in [5.74, 6) is 2.25. The molecule has 5 heteroatoms. The second-order valence-corrected chi connectivity index (χ2v) is 7.06. The Morgan fingerprint density at radius 1 is 1.12 bits per heavy atom. The van der Waals surface area contributed by atoms with Crippen LogP contribution < -0.4 is 4.74 Å². The first-order chi connectivity index (χ1) is 12.2. The van der Waals surface area contributed by atoms with Crippen LogP contribution in [0.2, 0.25) is 0 Å². The highest BCUT2D eigenvalue weighted by molar-refractivity contribution is 5.95. The monoisotopic (exact) mass is 338 g/mol. The van der Waals surface area contributed by atoms with Gasteiger partial charge in [0.15, 0.2) is 5.78 Å². The molecule has 4 rings (SSSR count). The average Bonchev–Trinajstić information content (AvgIpc) is 3.14. The molecule has 2 aliphatic rings. The number of Topliss-reactive ketones (excluding diaryl/α,β-unsaturated/α-hetero) is 1. The molecule has 130 valence electrons. The lowest BCUT2D eigenvalue weighted by Crippen LogP contribution is -2.30. The number of nitrogens with zero attached hydrogens (tertiary/aromatic N) is 2. The molecule has 2 aromatic rings. The zero-order chi connectivity index (χ0) is 17.2. The number of hydrogen-bond donors (Lipinski definition) is 1. The van der Waals surface area contributed by atoms with Gasteiger partial charge in [0.1, 0.15) is 17.2 Å². The third-order valence-electron chi connectivity index (χ3n) is 5.23. The van der Waals surface area contributed by atoms with Crippen LogP contribution >= 0.6 is 0 Å². The molecule has 0 bridgehead atoms. The lowest BCUT2D eigenvalue weighted by Gasteiger charge is -2.19. The highest BCUT2D eigenvalue weighted by Crippen LogP contribution is 2.39. The maximum Gasteiger partial charge on any atom is 0.195 e. The van der Waals surface area contributed by atoms with Crippen molar-refractivity contribution in [1.82, 2.24) is 9.88 Å².